The first-order valence-corrected chi connectivity index (χ1v) is 6.74. The predicted molar refractivity (Wildman–Crippen MR) is 78.2 cm³/mol. The number of benzene rings is 1. The molecule has 1 aromatic carbocycles. The van der Waals surface area contributed by atoms with E-state index < -0.39 is 0 Å². The van der Waals surface area contributed by atoms with E-state index in [1.54, 1.807) is 0 Å². The first-order chi connectivity index (χ1) is 9.20. The molecule has 0 aliphatic rings. The SMILES string of the molecule is CCCCCC#Cc1cc(=O)oc2ccc(C)cc12. The van der Waals surface area contributed by atoms with Gasteiger partial charge in [0.2, 0.25) is 0 Å². The summed E-state index contributed by atoms with van der Waals surface area (Å²) in [4.78, 5) is 11.5. The number of unbranched alkanes of at least 4 members (excludes halogenated alkanes) is 3. The minimum Gasteiger partial charge on any atom is -0.423 e. The van der Waals surface area contributed by atoms with Crippen molar-refractivity contribution in [3.8, 4) is 11.8 Å². The monoisotopic (exact) mass is 254 g/mol. The molecule has 0 bridgehead atoms. The summed E-state index contributed by atoms with van der Waals surface area (Å²) in [6.45, 7) is 4.19. The van der Waals surface area contributed by atoms with E-state index >= 15 is 0 Å². The summed E-state index contributed by atoms with van der Waals surface area (Å²) < 4.78 is 5.18. The Morgan fingerprint density at radius 2 is 2.05 bits per heavy atom. The van der Waals surface area contributed by atoms with Gasteiger partial charge in [-0.3, -0.25) is 0 Å². The van der Waals surface area contributed by atoms with Gasteiger partial charge in [-0.25, -0.2) is 4.79 Å². The first kappa shape index (κ1) is 13.4. The van der Waals surface area contributed by atoms with Crippen molar-refractivity contribution in [1.82, 2.24) is 0 Å². The van der Waals surface area contributed by atoms with Crippen molar-refractivity contribution in [3.63, 3.8) is 0 Å². The maximum absolute atomic E-state index is 11.5. The Hall–Kier alpha value is -2.01. The topological polar surface area (TPSA) is 30.2 Å². The Morgan fingerprint density at radius 3 is 2.84 bits per heavy atom. The lowest BCUT2D eigenvalue weighted by atomic mass is 10.1. The van der Waals surface area contributed by atoms with E-state index in [2.05, 4.69) is 18.8 Å². The van der Waals surface area contributed by atoms with Gasteiger partial charge in [0.25, 0.3) is 0 Å². The second kappa shape index (κ2) is 6.24. The van der Waals surface area contributed by atoms with Crippen molar-refractivity contribution in [2.24, 2.45) is 0 Å². The van der Waals surface area contributed by atoms with Gasteiger partial charge in [0.1, 0.15) is 5.58 Å². The molecule has 2 rings (SSSR count). The van der Waals surface area contributed by atoms with E-state index in [9.17, 15) is 4.79 Å². The van der Waals surface area contributed by atoms with E-state index in [1.807, 2.05) is 25.1 Å². The number of rotatable bonds is 3. The largest absolute Gasteiger partial charge is 0.423 e. The molecule has 0 saturated carbocycles. The summed E-state index contributed by atoms with van der Waals surface area (Å²) in [5.74, 6) is 6.25. The predicted octanol–water partition coefficient (Wildman–Crippen LogP) is 4.03. The summed E-state index contributed by atoms with van der Waals surface area (Å²) in [6, 6.07) is 7.25. The molecular formula is C17H18O2. The van der Waals surface area contributed by atoms with Gasteiger partial charge >= 0.3 is 5.63 Å². The number of fused-ring (bicyclic) bond motifs is 1. The van der Waals surface area contributed by atoms with Gasteiger partial charge in [0.15, 0.2) is 0 Å². The second-order valence-electron chi connectivity index (χ2n) is 4.74. The minimum absolute atomic E-state index is 0.339. The lowest BCUT2D eigenvalue weighted by molar-refractivity contribution is 0.560. The van der Waals surface area contributed by atoms with E-state index in [0.29, 0.717) is 5.58 Å². The Kier molecular flexibility index (Phi) is 4.41. The van der Waals surface area contributed by atoms with Crippen molar-refractivity contribution >= 4 is 11.0 Å². The normalized spacial score (nSPS) is 10.2. The zero-order valence-electron chi connectivity index (χ0n) is 11.5. The summed E-state index contributed by atoms with van der Waals surface area (Å²) in [5, 5.41) is 0.919. The second-order valence-corrected chi connectivity index (χ2v) is 4.74. The molecule has 1 aromatic heterocycles. The Bertz CT molecular complexity index is 684. The van der Waals surface area contributed by atoms with Gasteiger partial charge in [-0.1, -0.05) is 43.2 Å². The van der Waals surface area contributed by atoms with Crippen molar-refractivity contribution in [2.75, 3.05) is 0 Å². The molecule has 2 heteroatoms. The third-order valence-electron chi connectivity index (χ3n) is 3.03. The maximum atomic E-state index is 11.5. The summed E-state index contributed by atoms with van der Waals surface area (Å²) in [7, 11) is 0. The van der Waals surface area contributed by atoms with E-state index in [-0.39, 0.29) is 5.63 Å². The molecule has 0 unspecified atom stereocenters. The molecule has 0 amide bonds. The number of hydrogen-bond donors (Lipinski definition) is 0. The van der Waals surface area contributed by atoms with Crippen LogP contribution in [0.15, 0.2) is 33.5 Å². The van der Waals surface area contributed by atoms with Crippen molar-refractivity contribution in [1.29, 1.82) is 0 Å². The van der Waals surface area contributed by atoms with Crippen LogP contribution in [-0.2, 0) is 0 Å². The molecule has 2 nitrogen and oxygen atoms in total. The summed E-state index contributed by atoms with van der Waals surface area (Å²) in [6.07, 6.45) is 4.38. The van der Waals surface area contributed by atoms with E-state index in [0.717, 1.165) is 29.4 Å². The van der Waals surface area contributed by atoms with Gasteiger partial charge < -0.3 is 4.42 Å². The standard InChI is InChI=1S/C17H18O2/c1-3-4-5-6-7-8-14-12-17(18)19-16-10-9-13(2)11-15(14)16/h9-12H,3-6H2,1-2H3. The van der Waals surface area contributed by atoms with Gasteiger partial charge in [0.05, 0.1) is 0 Å². The van der Waals surface area contributed by atoms with Crippen LogP contribution in [0.5, 0.6) is 0 Å². The highest BCUT2D eigenvalue weighted by molar-refractivity contribution is 5.83. The number of hydrogen-bond acceptors (Lipinski definition) is 2. The Morgan fingerprint density at radius 1 is 1.21 bits per heavy atom. The summed E-state index contributed by atoms with van der Waals surface area (Å²) >= 11 is 0. The van der Waals surface area contributed by atoms with Crippen LogP contribution in [0.1, 0.15) is 43.7 Å². The highest BCUT2D eigenvalue weighted by atomic mass is 16.4. The molecule has 1 heterocycles. The average molecular weight is 254 g/mol. The fraction of sp³-hybridized carbons (Fsp3) is 0.353. The molecule has 0 spiro atoms. The quantitative estimate of drug-likeness (QED) is 0.470. The van der Waals surface area contributed by atoms with Crippen molar-refractivity contribution in [2.45, 2.75) is 39.5 Å². The molecule has 0 aliphatic heterocycles. The molecular weight excluding hydrogens is 236 g/mol. The highest BCUT2D eigenvalue weighted by Gasteiger charge is 2.03. The van der Waals surface area contributed by atoms with Crippen molar-refractivity contribution in [3.05, 3.63) is 45.8 Å². The zero-order valence-corrected chi connectivity index (χ0v) is 11.5. The zero-order chi connectivity index (χ0) is 13.7. The van der Waals surface area contributed by atoms with Crippen LogP contribution in [0, 0.1) is 18.8 Å². The van der Waals surface area contributed by atoms with Crippen LogP contribution in [0.3, 0.4) is 0 Å². The summed E-state index contributed by atoms with van der Waals surface area (Å²) in [5.41, 5.74) is 2.17. The Balaban J connectivity index is 2.36. The lowest BCUT2D eigenvalue weighted by Crippen LogP contribution is -1.98. The molecule has 0 radical (unpaired) electrons. The van der Waals surface area contributed by atoms with Gasteiger partial charge in [-0.05, 0) is 25.5 Å². The van der Waals surface area contributed by atoms with Crippen LogP contribution in [0.2, 0.25) is 0 Å². The highest BCUT2D eigenvalue weighted by Crippen LogP contribution is 2.17. The van der Waals surface area contributed by atoms with E-state index in [1.165, 1.54) is 18.9 Å². The Labute approximate surface area is 113 Å². The molecule has 0 N–H and O–H groups in total. The van der Waals surface area contributed by atoms with Crippen LogP contribution in [0.4, 0.5) is 0 Å². The molecule has 0 aliphatic carbocycles. The fourth-order valence-corrected chi connectivity index (χ4v) is 2.00. The third kappa shape index (κ3) is 3.48. The lowest BCUT2D eigenvalue weighted by Gasteiger charge is -2.00. The van der Waals surface area contributed by atoms with Gasteiger partial charge in [-0.2, -0.15) is 0 Å². The van der Waals surface area contributed by atoms with Crippen LogP contribution in [-0.4, -0.2) is 0 Å². The molecule has 19 heavy (non-hydrogen) atoms. The first-order valence-electron chi connectivity index (χ1n) is 6.74. The van der Waals surface area contributed by atoms with Crippen molar-refractivity contribution < 1.29 is 4.42 Å². The minimum atomic E-state index is -0.339. The molecule has 98 valence electrons. The van der Waals surface area contributed by atoms with E-state index in [4.69, 9.17) is 4.42 Å². The maximum Gasteiger partial charge on any atom is 0.337 e. The van der Waals surface area contributed by atoms with Gasteiger partial charge in [0, 0.05) is 23.4 Å². The molecule has 2 aromatic rings. The fourth-order valence-electron chi connectivity index (χ4n) is 2.00. The average Bonchev–Trinajstić information content (AvgIpc) is 2.39. The van der Waals surface area contributed by atoms with Crippen LogP contribution < -0.4 is 5.63 Å². The molecule has 0 fully saturated rings. The smallest absolute Gasteiger partial charge is 0.337 e. The third-order valence-corrected chi connectivity index (χ3v) is 3.03. The van der Waals surface area contributed by atoms with Crippen LogP contribution in [0.25, 0.3) is 11.0 Å². The number of aryl methyl sites for hydroxylation is 1. The molecule has 0 atom stereocenters. The van der Waals surface area contributed by atoms with Crippen LogP contribution >= 0.6 is 0 Å². The van der Waals surface area contributed by atoms with Gasteiger partial charge in [-0.15, -0.1) is 0 Å². The molecule has 0 saturated heterocycles.